The van der Waals surface area contributed by atoms with Crippen LogP contribution in [0.25, 0.3) is 0 Å². The van der Waals surface area contributed by atoms with E-state index in [9.17, 15) is 5.26 Å². The molecule has 3 nitrogen and oxygen atoms in total. The molecule has 0 radical (unpaired) electrons. The predicted octanol–water partition coefficient (Wildman–Crippen LogP) is 4.32. The number of ether oxygens (including phenoxy) is 1. The molecule has 0 unspecified atom stereocenters. The van der Waals surface area contributed by atoms with Crippen molar-refractivity contribution in [2.24, 2.45) is 0 Å². The summed E-state index contributed by atoms with van der Waals surface area (Å²) in [5.74, 6) is 0. The fraction of sp³-hybridized carbons (Fsp3) is 0.381. The molecular formula is C21H24N2O. The largest absolute Gasteiger partial charge is 0.361 e. The van der Waals surface area contributed by atoms with E-state index in [0.29, 0.717) is 6.61 Å². The van der Waals surface area contributed by atoms with Crippen LogP contribution < -0.4 is 0 Å². The molecule has 1 aliphatic heterocycles. The first-order valence-corrected chi connectivity index (χ1v) is 8.71. The summed E-state index contributed by atoms with van der Waals surface area (Å²) < 4.78 is 6.07. The van der Waals surface area contributed by atoms with Crippen LogP contribution in [0.4, 0.5) is 0 Å². The number of hydrogen-bond acceptors (Lipinski definition) is 3. The molecule has 0 amide bonds. The molecular weight excluding hydrogens is 296 g/mol. The van der Waals surface area contributed by atoms with Gasteiger partial charge >= 0.3 is 0 Å². The maximum Gasteiger partial charge on any atom is 0.112 e. The molecule has 24 heavy (non-hydrogen) atoms. The zero-order valence-corrected chi connectivity index (χ0v) is 14.1. The molecule has 0 spiro atoms. The van der Waals surface area contributed by atoms with E-state index >= 15 is 0 Å². The van der Waals surface area contributed by atoms with Gasteiger partial charge in [0.1, 0.15) is 12.3 Å². The van der Waals surface area contributed by atoms with Gasteiger partial charge in [-0.05, 0) is 17.5 Å². The lowest BCUT2D eigenvalue weighted by Gasteiger charge is -2.32. The minimum Gasteiger partial charge on any atom is -0.361 e. The van der Waals surface area contributed by atoms with Gasteiger partial charge < -0.3 is 4.74 Å². The van der Waals surface area contributed by atoms with E-state index in [4.69, 9.17) is 4.74 Å². The average Bonchev–Trinajstić information content (AvgIpc) is 3.05. The molecule has 0 N–H and O–H groups in total. The van der Waals surface area contributed by atoms with Crippen molar-refractivity contribution in [2.45, 2.75) is 44.5 Å². The van der Waals surface area contributed by atoms with E-state index in [1.165, 1.54) is 11.1 Å². The summed E-state index contributed by atoms with van der Waals surface area (Å²) in [6.45, 7) is 2.82. The first-order valence-electron chi connectivity index (χ1n) is 8.71. The van der Waals surface area contributed by atoms with Crippen LogP contribution >= 0.6 is 0 Å². The lowest BCUT2D eigenvalue weighted by molar-refractivity contribution is 0.0112. The number of hydrogen-bond donors (Lipinski definition) is 0. The molecule has 124 valence electrons. The first kappa shape index (κ1) is 16.7. The minimum absolute atomic E-state index is 0.0218. The third-order valence-corrected chi connectivity index (χ3v) is 4.64. The molecule has 0 aliphatic carbocycles. The van der Waals surface area contributed by atoms with Crippen molar-refractivity contribution in [3.05, 3.63) is 71.8 Å². The Kier molecular flexibility index (Phi) is 5.63. The number of nitrogens with zero attached hydrogens (tertiary/aromatic N) is 2. The molecule has 3 rings (SSSR count). The Morgan fingerprint density at radius 3 is 2.42 bits per heavy atom. The zero-order chi connectivity index (χ0) is 16.8. The normalized spacial score (nSPS) is 22.2. The van der Waals surface area contributed by atoms with E-state index in [2.05, 4.69) is 54.3 Å². The second kappa shape index (κ2) is 8.10. The lowest BCUT2D eigenvalue weighted by atomic mass is 10.0. The van der Waals surface area contributed by atoms with Gasteiger partial charge in [0.05, 0.1) is 18.7 Å². The Morgan fingerprint density at radius 1 is 1.12 bits per heavy atom. The zero-order valence-electron chi connectivity index (χ0n) is 14.1. The van der Waals surface area contributed by atoms with Gasteiger partial charge in [-0.15, -0.1) is 0 Å². The van der Waals surface area contributed by atoms with E-state index < -0.39 is 0 Å². The second-order valence-corrected chi connectivity index (χ2v) is 6.28. The SMILES string of the molecule is CCC[C@H]1OC[C@@H](c2ccccc2)N1[C@H](C#N)Cc1ccccc1. The minimum atomic E-state index is -0.184. The Balaban J connectivity index is 1.87. The highest BCUT2D eigenvalue weighted by Crippen LogP contribution is 2.34. The molecule has 0 saturated carbocycles. The van der Waals surface area contributed by atoms with Gasteiger partial charge in [0.2, 0.25) is 0 Å². The Labute approximate surface area is 144 Å². The summed E-state index contributed by atoms with van der Waals surface area (Å²) in [6, 6.07) is 23.1. The quantitative estimate of drug-likeness (QED) is 0.795. The topological polar surface area (TPSA) is 36.3 Å². The van der Waals surface area contributed by atoms with Crippen LogP contribution in [0.5, 0.6) is 0 Å². The highest BCUT2D eigenvalue weighted by atomic mass is 16.5. The highest BCUT2D eigenvalue weighted by molar-refractivity contribution is 5.23. The monoisotopic (exact) mass is 320 g/mol. The molecule has 1 saturated heterocycles. The third kappa shape index (κ3) is 3.67. The number of nitriles is 1. The average molecular weight is 320 g/mol. The summed E-state index contributed by atoms with van der Waals surface area (Å²) in [5, 5.41) is 9.85. The van der Waals surface area contributed by atoms with Gasteiger partial charge in [-0.2, -0.15) is 5.26 Å². The number of rotatable bonds is 6. The fourth-order valence-electron chi connectivity index (χ4n) is 3.47. The van der Waals surface area contributed by atoms with Crippen LogP contribution in [0, 0.1) is 11.3 Å². The van der Waals surface area contributed by atoms with Gasteiger partial charge in [0, 0.05) is 6.42 Å². The van der Waals surface area contributed by atoms with Crippen LogP contribution in [0.1, 0.15) is 36.9 Å². The fourth-order valence-corrected chi connectivity index (χ4v) is 3.47. The van der Waals surface area contributed by atoms with Crippen LogP contribution in [-0.2, 0) is 11.2 Å². The molecule has 1 aliphatic rings. The van der Waals surface area contributed by atoms with Crippen molar-refractivity contribution in [1.29, 1.82) is 5.26 Å². The Hall–Kier alpha value is -2.15. The van der Waals surface area contributed by atoms with Crippen molar-refractivity contribution in [1.82, 2.24) is 4.90 Å². The van der Waals surface area contributed by atoms with E-state index in [-0.39, 0.29) is 18.3 Å². The maximum atomic E-state index is 9.85. The molecule has 1 heterocycles. The maximum absolute atomic E-state index is 9.85. The molecule has 0 aromatic heterocycles. The van der Waals surface area contributed by atoms with Crippen LogP contribution in [-0.4, -0.2) is 23.8 Å². The summed E-state index contributed by atoms with van der Waals surface area (Å²) >= 11 is 0. The van der Waals surface area contributed by atoms with E-state index in [1.807, 2.05) is 24.3 Å². The van der Waals surface area contributed by atoms with Gasteiger partial charge in [-0.25, -0.2) is 0 Å². The van der Waals surface area contributed by atoms with E-state index in [0.717, 1.165) is 19.3 Å². The van der Waals surface area contributed by atoms with Crippen molar-refractivity contribution in [3.63, 3.8) is 0 Å². The summed E-state index contributed by atoms with van der Waals surface area (Å²) in [7, 11) is 0. The van der Waals surface area contributed by atoms with Crippen molar-refractivity contribution < 1.29 is 4.74 Å². The van der Waals surface area contributed by atoms with Gasteiger partial charge in [0.25, 0.3) is 0 Å². The Bertz CT molecular complexity index is 665. The number of benzene rings is 2. The molecule has 0 bridgehead atoms. The summed E-state index contributed by atoms with van der Waals surface area (Å²) in [6.07, 6.45) is 2.75. The van der Waals surface area contributed by atoms with Gasteiger partial charge in [-0.1, -0.05) is 74.0 Å². The van der Waals surface area contributed by atoms with E-state index in [1.54, 1.807) is 0 Å². The third-order valence-electron chi connectivity index (χ3n) is 4.64. The van der Waals surface area contributed by atoms with Crippen molar-refractivity contribution in [3.8, 4) is 6.07 Å². The molecule has 3 atom stereocenters. The van der Waals surface area contributed by atoms with Crippen LogP contribution in [0.15, 0.2) is 60.7 Å². The molecule has 1 fully saturated rings. The molecule has 3 heteroatoms. The lowest BCUT2D eigenvalue weighted by Crippen LogP contribution is -2.41. The molecule has 2 aromatic rings. The van der Waals surface area contributed by atoms with Gasteiger partial charge in [0.15, 0.2) is 0 Å². The summed E-state index contributed by atoms with van der Waals surface area (Å²) in [5.41, 5.74) is 2.42. The Morgan fingerprint density at radius 2 is 1.79 bits per heavy atom. The van der Waals surface area contributed by atoms with Crippen molar-refractivity contribution >= 4 is 0 Å². The van der Waals surface area contributed by atoms with Crippen LogP contribution in [0.2, 0.25) is 0 Å². The standard InChI is InChI=1S/C21H24N2O/c1-2-9-21-23(19(15-22)14-17-10-5-3-6-11-17)20(16-24-21)18-12-7-4-8-13-18/h3-8,10-13,19-21H,2,9,14,16H2,1H3/t19-,20-,21+/m0/s1. The predicted molar refractivity (Wildman–Crippen MR) is 95.2 cm³/mol. The first-order chi connectivity index (χ1) is 11.8. The summed E-state index contributed by atoms with van der Waals surface area (Å²) in [4.78, 5) is 2.28. The molecule has 2 aromatic carbocycles. The van der Waals surface area contributed by atoms with Crippen LogP contribution in [0.3, 0.4) is 0 Å². The van der Waals surface area contributed by atoms with Gasteiger partial charge in [-0.3, -0.25) is 4.90 Å². The van der Waals surface area contributed by atoms with Crippen molar-refractivity contribution in [2.75, 3.05) is 6.61 Å². The highest BCUT2D eigenvalue weighted by Gasteiger charge is 2.39. The second-order valence-electron chi connectivity index (χ2n) is 6.28. The smallest absolute Gasteiger partial charge is 0.112 e.